The van der Waals surface area contributed by atoms with Crippen LogP contribution in [0.4, 0.5) is 5.69 Å². The van der Waals surface area contributed by atoms with E-state index in [0.29, 0.717) is 12.1 Å². The number of morpholine rings is 1. The molecule has 6 heteroatoms. The second-order valence-electron chi connectivity index (χ2n) is 5.43. The summed E-state index contributed by atoms with van der Waals surface area (Å²) < 4.78 is 5.30. The molecule has 1 fully saturated rings. The Bertz CT molecular complexity index is 459. The fourth-order valence-corrected chi connectivity index (χ4v) is 2.26. The van der Waals surface area contributed by atoms with E-state index in [2.05, 4.69) is 20.5 Å². The van der Waals surface area contributed by atoms with Gasteiger partial charge in [-0.3, -0.25) is 14.7 Å². The quantitative estimate of drug-likeness (QED) is 0.817. The summed E-state index contributed by atoms with van der Waals surface area (Å²) in [6.45, 7) is 8.99. The molecule has 1 aromatic heterocycles. The van der Waals surface area contributed by atoms with Gasteiger partial charge in [0, 0.05) is 44.6 Å². The fraction of sp³-hybridized carbons (Fsp3) is 0.600. The second-order valence-corrected chi connectivity index (χ2v) is 5.43. The molecule has 1 aliphatic rings. The molecule has 116 valence electrons. The van der Waals surface area contributed by atoms with Crippen molar-refractivity contribution in [1.29, 1.82) is 0 Å². The smallest absolute Gasteiger partial charge is 0.254 e. The molecule has 0 unspecified atom stereocenters. The molecule has 1 amide bonds. The molecular weight excluding hydrogens is 268 g/mol. The van der Waals surface area contributed by atoms with E-state index in [1.165, 1.54) is 0 Å². The zero-order valence-electron chi connectivity index (χ0n) is 12.8. The first-order valence-corrected chi connectivity index (χ1v) is 7.45. The molecule has 0 bridgehead atoms. The first-order valence-electron chi connectivity index (χ1n) is 7.45. The number of hydrogen-bond acceptors (Lipinski definition) is 5. The van der Waals surface area contributed by atoms with Crippen LogP contribution in [0.1, 0.15) is 24.2 Å². The lowest BCUT2D eigenvalue weighted by molar-refractivity contribution is 0.0383. The van der Waals surface area contributed by atoms with Crippen LogP contribution in [0.2, 0.25) is 0 Å². The van der Waals surface area contributed by atoms with Crippen LogP contribution >= 0.6 is 0 Å². The predicted molar refractivity (Wildman–Crippen MR) is 82.6 cm³/mol. The van der Waals surface area contributed by atoms with Gasteiger partial charge in [0.25, 0.3) is 5.91 Å². The summed E-state index contributed by atoms with van der Waals surface area (Å²) in [6.07, 6.45) is 3.30. The van der Waals surface area contributed by atoms with Gasteiger partial charge in [-0.2, -0.15) is 0 Å². The van der Waals surface area contributed by atoms with Crippen molar-refractivity contribution in [2.45, 2.75) is 19.9 Å². The Labute approximate surface area is 125 Å². The van der Waals surface area contributed by atoms with E-state index in [1.807, 2.05) is 19.9 Å². The molecule has 0 spiro atoms. The molecule has 0 radical (unpaired) electrons. The first kappa shape index (κ1) is 15.7. The number of aromatic nitrogens is 1. The average molecular weight is 292 g/mol. The molecule has 0 aromatic carbocycles. The van der Waals surface area contributed by atoms with Gasteiger partial charge in [0.2, 0.25) is 0 Å². The van der Waals surface area contributed by atoms with Crippen molar-refractivity contribution >= 4 is 11.6 Å². The number of pyridine rings is 1. The van der Waals surface area contributed by atoms with Crippen LogP contribution in [0, 0.1) is 0 Å². The number of anilines is 1. The van der Waals surface area contributed by atoms with Gasteiger partial charge in [-0.25, -0.2) is 0 Å². The summed E-state index contributed by atoms with van der Waals surface area (Å²) in [5.74, 6) is -0.0838. The van der Waals surface area contributed by atoms with Crippen molar-refractivity contribution in [3.05, 3.63) is 24.0 Å². The fourth-order valence-electron chi connectivity index (χ4n) is 2.26. The molecule has 0 aliphatic carbocycles. The summed E-state index contributed by atoms with van der Waals surface area (Å²) in [4.78, 5) is 18.6. The van der Waals surface area contributed by atoms with E-state index in [0.717, 1.165) is 38.5 Å². The second kappa shape index (κ2) is 7.95. The third kappa shape index (κ3) is 4.99. The van der Waals surface area contributed by atoms with Crippen LogP contribution in [0.25, 0.3) is 0 Å². The molecule has 0 saturated carbocycles. The molecule has 2 rings (SSSR count). The average Bonchev–Trinajstić information content (AvgIpc) is 2.48. The number of rotatable bonds is 6. The number of ether oxygens (including phenoxy) is 1. The minimum atomic E-state index is -0.0838. The van der Waals surface area contributed by atoms with Crippen LogP contribution in [0.3, 0.4) is 0 Å². The molecule has 1 aliphatic heterocycles. The maximum atomic E-state index is 12.3. The van der Waals surface area contributed by atoms with E-state index in [-0.39, 0.29) is 11.9 Å². The number of carbonyl (C=O) groups excluding carboxylic acids is 1. The van der Waals surface area contributed by atoms with E-state index in [9.17, 15) is 4.79 Å². The summed E-state index contributed by atoms with van der Waals surface area (Å²) >= 11 is 0. The lowest BCUT2D eigenvalue weighted by Crippen LogP contribution is -2.41. The molecule has 2 N–H and O–H groups in total. The topological polar surface area (TPSA) is 66.5 Å². The van der Waals surface area contributed by atoms with Gasteiger partial charge in [-0.05, 0) is 19.9 Å². The molecule has 0 atom stereocenters. The van der Waals surface area contributed by atoms with Crippen LogP contribution in [0.15, 0.2) is 18.5 Å². The highest BCUT2D eigenvalue weighted by molar-refractivity contribution is 5.99. The van der Waals surface area contributed by atoms with Crippen LogP contribution in [-0.4, -0.2) is 61.2 Å². The highest BCUT2D eigenvalue weighted by Gasteiger charge is 2.13. The molecule has 6 nitrogen and oxygen atoms in total. The number of nitrogens with zero attached hydrogens (tertiary/aromatic N) is 2. The zero-order chi connectivity index (χ0) is 15.1. The normalized spacial score (nSPS) is 16.0. The SMILES string of the molecule is CC(C)Nc1ccncc1C(=O)NCCN1CCOCC1. The summed E-state index contributed by atoms with van der Waals surface area (Å²) in [6, 6.07) is 2.10. The van der Waals surface area contributed by atoms with Crippen LogP contribution < -0.4 is 10.6 Å². The molecule has 21 heavy (non-hydrogen) atoms. The van der Waals surface area contributed by atoms with Crippen molar-refractivity contribution in [3.63, 3.8) is 0 Å². The number of hydrogen-bond donors (Lipinski definition) is 2. The van der Waals surface area contributed by atoms with Gasteiger partial charge in [0.15, 0.2) is 0 Å². The summed E-state index contributed by atoms with van der Waals surface area (Å²) in [5.41, 5.74) is 1.41. The maximum absolute atomic E-state index is 12.3. The summed E-state index contributed by atoms with van der Waals surface area (Å²) in [7, 11) is 0. The summed E-state index contributed by atoms with van der Waals surface area (Å²) in [5, 5.41) is 6.22. The standard InChI is InChI=1S/C15H24N4O2/c1-12(2)18-14-3-4-16-11-13(14)15(20)17-5-6-19-7-9-21-10-8-19/h3-4,11-12H,5-10H2,1-2H3,(H,16,18)(H,17,20). The molecule has 1 saturated heterocycles. The molecular formula is C15H24N4O2. The van der Waals surface area contributed by atoms with E-state index >= 15 is 0 Å². The third-order valence-corrected chi connectivity index (χ3v) is 3.33. The van der Waals surface area contributed by atoms with Crippen molar-refractivity contribution in [1.82, 2.24) is 15.2 Å². The predicted octanol–water partition coefficient (Wildman–Crippen LogP) is 0.964. The van der Waals surface area contributed by atoms with Crippen LogP contribution in [0.5, 0.6) is 0 Å². The minimum absolute atomic E-state index is 0.0838. The monoisotopic (exact) mass is 292 g/mol. The van der Waals surface area contributed by atoms with Gasteiger partial charge in [0.1, 0.15) is 0 Å². The largest absolute Gasteiger partial charge is 0.382 e. The first-order chi connectivity index (χ1) is 10.2. The highest BCUT2D eigenvalue weighted by Crippen LogP contribution is 2.14. The maximum Gasteiger partial charge on any atom is 0.254 e. The zero-order valence-corrected chi connectivity index (χ0v) is 12.8. The number of nitrogens with one attached hydrogen (secondary N) is 2. The van der Waals surface area contributed by atoms with Crippen molar-refractivity contribution in [2.75, 3.05) is 44.7 Å². The molecule has 1 aromatic rings. The van der Waals surface area contributed by atoms with Gasteiger partial charge in [0.05, 0.1) is 24.5 Å². The Kier molecular flexibility index (Phi) is 5.95. The van der Waals surface area contributed by atoms with Crippen molar-refractivity contribution < 1.29 is 9.53 Å². The van der Waals surface area contributed by atoms with Crippen molar-refractivity contribution in [2.24, 2.45) is 0 Å². The van der Waals surface area contributed by atoms with Gasteiger partial charge in [-0.1, -0.05) is 0 Å². The number of carbonyl (C=O) groups is 1. The lowest BCUT2D eigenvalue weighted by Gasteiger charge is -2.26. The van der Waals surface area contributed by atoms with E-state index in [1.54, 1.807) is 12.4 Å². The highest BCUT2D eigenvalue weighted by atomic mass is 16.5. The lowest BCUT2D eigenvalue weighted by atomic mass is 10.2. The Hall–Kier alpha value is -1.66. The Morgan fingerprint density at radius 1 is 1.43 bits per heavy atom. The van der Waals surface area contributed by atoms with E-state index < -0.39 is 0 Å². The van der Waals surface area contributed by atoms with Crippen LogP contribution in [-0.2, 0) is 4.74 Å². The van der Waals surface area contributed by atoms with Crippen molar-refractivity contribution in [3.8, 4) is 0 Å². The Morgan fingerprint density at radius 2 is 2.19 bits per heavy atom. The molecule has 2 heterocycles. The van der Waals surface area contributed by atoms with E-state index in [4.69, 9.17) is 4.74 Å². The van der Waals surface area contributed by atoms with Gasteiger partial charge in [-0.15, -0.1) is 0 Å². The minimum Gasteiger partial charge on any atom is -0.382 e. The Balaban J connectivity index is 1.85. The Morgan fingerprint density at radius 3 is 2.90 bits per heavy atom. The third-order valence-electron chi connectivity index (χ3n) is 3.33. The number of amides is 1. The van der Waals surface area contributed by atoms with Gasteiger partial charge < -0.3 is 15.4 Å². The van der Waals surface area contributed by atoms with Gasteiger partial charge >= 0.3 is 0 Å².